The van der Waals surface area contributed by atoms with Gasteiger partial charge in [-0.2, -0.15) is 0 Å². The smallest absolute Gasteiger partial charge is 0.274 e. The van der Waals surface area contributed by atoms with E-state index in [4.69, 9.17) is 9.47 Å². The maximum Gasteiger partial charge on any atom is 0.274 e. The summed E-state index contributed by atoms with van der Waals surface area (Å²) in [6.45, 7) is 3.68. The fraction of sp³-hybridized carbons (Fsp3) is 0.190. The Bertz CT molecular complexity index is 989. The van der Waals surface area contributed by atoms with E-state index in [9.17, 15) is 4.79 Å². The van der Waals surface area contributed by atoms with Gasteiger partial charge in [-0.1, -0.05) is 29.8 Å². The molecule has 1 amide bonds. The summed E-state index contributed by atoms with van der Waals surface area (Å²) in [5.41, 5.74) is 3.23. The van der Waals surface area contributed by atoms with Crippen LogP contribution in [0.5, 0.6) is 11.5 Å². The van der Waals surface area contributed by atoms with Gasteiger partial charge in [-0.3, -0.25) is 4.79 Å². The van der Waals surface area contributed by atoms with Crippen LogP contribution >= 0.6 is 0 Å². The number of aryl methyl sites for hydroxylation is 1. The van der Waals surface area contributed by atoms with Crippen molar-refractivity contribution in [3.63, 3.8) is 0 Å². The van der Waals surface area contributed by atoms with Crippen molar-refractivity contribution in [2.24, 2.45) is 0 Å². The van der Waals surface area contributed by atoms with Crippen molar-refractivity contribution >= 4 is 17.4 Å². The molecule has 0 atom stereocenters. The number of benzene rings is 2. The van der Waals surface area contributed by atoms with Crippen molar-refractivity contribution in [2.45, 2.75) is 13.5 Å². The van der Waals surface area contributed by atoms with Crippen LogP contribution in [0.4, 0.5) is 11.5 Å². The van der Waals surface area contributed by atoms with Crippen LogP contribution in [-0.4, -0.2) is 29.1 Å². The Hall–Kier alpha value is -3.61. The summed E-state index contributed by atoms with van der Waals surface area (Å²) >= 11 is 0. The second-order valence-corrected chi connectivity index (χ2v) is 6.44. The molecule has 4 rings (SSSR count). The van der Waals surface area contributed by atoms with Crippen molar-refractivity contribution in [3.8, 4) is 11.5 Å². The van der Waals surface area contributed by atoms with Gasteiger partial charge in [0, 0.05) is 24.4 Å². The normalized spacial score (nSPS) is 12.3. The van der Waals surface area contributed by atoms with E-state index in [1.165, 1.54) is 11.9 Å². The monoisotopic (exact) mass is 376 g/mol. The summed E-state index contributed by atoms with van der Waals surface area (Å²) < 4.78 is 11.0. The van der Waals surface area contributed by atoms with Gasteiger partial charge in [0.2, 0.25) is 0 Å². The number of fused-ring (bicyclic) bond motifs is 1. The minimum atomic E-state index is -0.322. The molecule has 1 aliphatic rings. The predicted molar refractivity (Wildman–Crippen MR) is 106 cm³/mol. The minimum Gasteiger partial charge on any atom is -0.486 e. The van der Waals surface area contributed by atoms with Gasteiger partial charge in [0.25, 0.3) is 5.91 Å². The molecule has 2 N–H and O–H groups in total. The van der Waals surface area contributed by atoms with Gasteiger partial charge in [0.1, 0.15) is 31.1 Å². The summed E-state index contributed by atoms with van der Waals surface area (Å²) in [6.07, 6.45) is 1.37. The lowest BCUT2D eigenvalue weighted by atomic mass is 10.1. The van der Waals surface area contributed by atoms with Crippen LogP contribution in [0.15, 0.2) is 54.9 Å². The van der Waals surface area contributed by atoms with Crippen molar-refractivity contribution in [2.75, 3.05) is 23.8 Å². The van der Waals surface area contributed by atoms with E-state index in [1.807, 2.05) is 6.92 Å². The molecule has 0 saturated heterocycles. The maximum absolute atomic E-state index is 12.5. The molecule has 7 nitrogen and oxygen atoms in total. The van der Waals surface area contributed by atoms with Crippen LogP contribution in [0.25, 0.3) is 0 Å². The van der Waals surface area contributed by atoms with Gasteiger partial charge in [0.05, 0.1) is 0 Å². The Morgan fingerprint density at radius 2 is 1.79 bits per heavy atom. The third-order valence-electron chi connectivity index (χ3n) is 4.29. The fourth-order valence-corrected chi connectivity index (χ4v) is 2.79. The highest BCUT2D eigenvalue weighted by molar-refractivity contribution is 6.03. The molecular weight excluding hydrogens is 356 g/mol. The van der Waals surface area contributed by atoms with Crippen LogP contribution in [0, 0.1) is 6.92 Å². The average Bonchev–Trinajstić information content (AvgIpc) is 2.73. The van der Waals surface area contributed by atoms with Gasteiger partial charge in [-0.25, -0.2) is 9.97 Å². The number of amides is 1. The molecule has 0 unspecified atom stereocenters. The van der Waals surface area contributed by atoms with Crippen LogP contribution in [0.1, 0.15) is 21.6 Å². The highest BCUT2D eigenvalue weighted by atomic mass is 16.6. The molecule has 7 heteroatoms. The van der Waals surface area contributed by atoms with E-state index >= 15 is 0 Å². The zero-order valence-electron chi connectivity index (χ0n) is 15.4. The third-order valence-corrected chi connectivity index (χ3v) is 4.29. The molecule has 1 aromatic heterocycles. The Morgan fingerprint density at radius 3 is 2.61 bits per heavy atom. The number of nitrogens with one attached hydrogen (secondary N) is 2. The predicted octanol–water partition coefficient (Wildman–Crippen LogP) is 3.42. The molecule has 1 aliphatic heterocycles. The van der Waals surface area contributed by atoms with Crippen LogP contribution in [0.3, 0.4) is 0 Å². The lowest BCUT2D eigenvalue weighted by molar-refractivity contribution is 0.102. The summed E-state index contributed by atoms with van der Waals surface area (Å²) in [7, 11) is 0. The van der Waals surface area contributed by atoms with Gasteiger partial charge in [-0.15, -0.1) is 0 Å². The lowest BCUT2D eigenvalue weighted by Gasteiger charge is -2.19. The molecular formula is C21H20N4O3. The molecule has 0 radical (unpaired) electrons. The summed E-state index contributed by atoms with van der Waals surface area (Å²) in [6, 6.07) is 15.1. The first-order valence-electron chi connectivity index (χ1n) is 9.00. The van der Waals surface area contributed by atoms with Gasteiger partial charge in [-0.05, 0) is 24.6 Å². The van der Waals surface area contributed by atoms with E-state index < -0.39 is 0 Å². The number of rotatable bonds is 5. The number of hydrogen-bond donors (Lipinski definition) is 2. The zero-order valence-corrected chi connectivity index (χ0v) is 15.4. The van der Waals surface area contributed by atoms with Gasteiger partial charge >= 0.3 is 0 Å². The number of anilines is 2. The largest absolute Gasteiger partial charge is 0.486 e. The number of nitrogens with zero attached hydrogens (tertiary/aromatic N) is 2. The Morgan fingerprint density at radius 1 is 1.00 bits per heavy atom. The molecule has 0 saturated carbocycles. The minimum absolute atomic E-state index is 0.274. The van der Waals surface area contributed by atoms with E-state index in [-0.39, 0.29) is 11.6 Å². The van der Waals surface area contributed by atoms with E-state index in [1.54, 1.807) is 24.3 Å². The van der Waals surface area contributed by atoms with Crippen molar-refractivity contribution < 1.29 is 14.3 Å². The first kappa shape index (κ1) is 17.8. The molecule has 0 bridgehead atoms. The van der Waals surface area contributed by atoms with E-state index in [0.717, 1.165) is 5.56 Å². The van der Waals surface area contributed by atoms with Gasteiger partial charge in [0.15, 0.2) is 11.5 Å². The molecule has 0 aliphatic carbocycles. The maximum atomic E-state index is 12.5. The standard InChI is InChI=1S/C21H20N4O3/c1-14-2-4-15(5-3-14)12-22-20-11-17(23-13-24-20)21(26)25-16-6-7-18-19(10-16)28-9-8-27-18/h2-7,10-11,13H,8-9,12H2,1H3,(H,25,26)(H,22,23,24). The van der Waals surface area contributed by atoms with Gasteiger partial charge < -0.3 is 20.1 Å². The number of carbonyl (C=O) groups is 1. The van der Waals surface area contributed by atoms with E-state index in [0.29, 0.717) is 42.8 Å². The number of carbonyl (C=O) groups excluding carboxylic acids is 1. The number of aromatic nitrogens is 2. The molecule has 142 valence electrons. The molecule has 0 fully saturated rings. The fourth-order valence-electron chi connectivity index (χ4n) is 2.79. The zero-order chi connectivity index (χ0) is 19.3. The average molecular weight is 376 g/mol. The molecule has 2 heterocycles. The molecule has 3 aromatic rings. The number of ether oxygens (including phenoxy) is 2. The van der Waals surface area contributed by atoms with E-state index in [2.05, 4.69) is 44.9 Å². The summed E-state index contributed by atoms with van der Waals surface area (Å²) in [5.74, 6) is 1.56. The molecule has 28 heavy (non-hydrogen) atoms. The summed E-state index contributed by atoms with van der Waals surface area (Å²) in [4.78, 5) is 20.8. The highest BCUT2D eigenvalue weighted by Crippen LogP contribution is 2.32. The Labute approximate surface area is 162 Å². The summed E-state index contributed by atoms with van der Waals surface area (Å²) in [5, 5.41) is 6.04. The Kier molecular flexibility index (Phi) is 5.05. The lowest BCUT2D eigenvalue weighted by Crippen LogP contribution is -2.17. The first-order valence-corrected chi connectivity index (χ1v) is 9.00. The molecule has 2 aromatic carbocycles. The quantitative estimate of drug-likeness (QED) is 0.710. The third kappa shape index (κ3) is 4.20. The van der Waals surface area contributed by atoms with Crippen molar-refractivity contribution in [1.82, 2.24) is 9.97 Å². The van der Waals surface area contributed by atoms with Crippen molar-refractivity contribution in [3.05, 3.63) is 71.7 Å². The Balaban J connectivity index is 1.42. The van der Waals surface area contributed by atoms with Crippen molar-refractivity contribution in [1.29, 1.82) is 0 Å². The second kappa shape index (κ2) is 7.96. The van der Waals surface area contributed by atoms with Crippen LogP contribution in [0.2, 0.25) is 0 Å². The topological polar surface area (TPSA) is 85.4 Å². The first-order chi connectivity index (χ1) is 13.7. The van der Waals surface area contributed by atoms with Crippen LogP contribution in [-0.2, 0) is 6.54 Å². The second-order valence-electron chi connectivity index (χ2n) is 6.44. The number of hydrogen-bond acceptors (Lipinski definition) is 6. The highest BCUT2D eigenvalue weighted by Gasteiger charge is 2.14. The SMILES string of the molecule is Cc1ccc(CNc2cc(C(=O)Nc3ccc4c(c3)OCCO4)ncn2)cc1. The van der Waals surface area contributed by atoms with Crippen LogP contribution < -0.4 is 20.1 Å². The molecule has 0 spiro atoms.